The number of halogens is 10. The van der Waals surface area contributed by atoms with Crippen LogP contribution in [-0.2, 0) is 0 Å². The maximum Gasteiger partial charge on any atom is 0.382 e. The van der Waals surface area contributed by atoms with Gasteiger partial charge < -0.3 is 0 Å². The molecular weight excluding hydrogens is 502 g/mol. The Morgan fingerprint density at radius 1 is 0.630 bits per heavy atom. The standard InChI is InChI=1S/C17H22F9I/c1-2-3-4-5-6-7-8-9-10-12(27)11-13(18)14(19,20)16(23,24)17(25,26)15(13,21)22/h11H,2-10H2,1H3. The molecule has 0 aromatic rings. The molecule has 1 saturated carbocycles. The highest BCUT2D eigenvalue weighted by atomic mass is 127. The van der Waals surface area contributed by atoms with E-state index in [1.165, 1.54) is 22.6 Å². The molecule has 0 heterocycles. The zero-order chi connectivity index (χ0) is 21.1. The van der Waals surface area contributed by atoms with E-state index in [0.29, 0.717) is 12.8 Å². The van der Waals surface area contributed by atoms with Crippen molar-refractivity contribution in [3.05, 3.63) is 9.66 Å². The maximum absolute atomic E-state index is 14.3. The van der Waals surface area contributed by atoms with E-state index < -0.39 is 39.0 Å². The van der Waals surface area contributed by atoms with E-state index in [1.807, 2.05) is 0 Å². The van der Waals surface area contributed by atoms with Gasteiger partial charge in [-0.15, -0.1) is 0 Å². The van der Waals surface area contributed by atoms with Crippen LogP contribution in [0.4, 0.5) is 39.5 Å². The van der Waals surface area contributed by atoms with Gasteiger partial charge in [-0.25, -0.2) is 4.39 Å². The van der Waals surface area contributed by atoms with Gasteiger partial charge in [0.1, 0.15) is 0 Å². The first kappa shape index (κ1) is 24.9. The fourth-order valence-corrected chi connectivity index (χ4v) is 3.76. The number of allylic oxidation sites excluding steroid dienone is 2. The van der Waals surface area contributed by atoms with E-state index in [4.69, 9.17) is 0 Å². The molecule has 0 aliphatic heterocycles. The molecule has 0 nitrogen and oxygen atoms in total. The van der Waals surface area contributed by atoms with Crippen LogP contribution in [0, 0.1) is 0 Å². The summed E-state index contributed by atoms with van der Waals surface area (Å²) in [4.78, 5) is 0. The normalized spacial score (nSPS) is 24.9. The van der Waals surface area contributed by atoms with Gasteiger partial charge in [0.15, 0.2) is 0 Å². The summed E-state index contributed by atoms with van der Waals surface area (Å²) < 4.78 is 121. The van der Waals surface area contributed by atoms with Crippen molar-refractivity contribution in [1.82, 2.24) is 0 Å². The van der Waals surface area contributed by atoms with Crippen molar-refractivity contribution in [2.24, 2.45) is 0 Å². The first-order valence-electron chi connectivity index (χ1n) is 8.78. The van der Waals surface area contributed by atoms with Crippen LogP contribution < -0.4 is 0 Å². The monoisotopic (exact) mass is 524 g/mol. The average molecular weight is 524 g/mol. The molecular formula is C17H22F9I. The second-order valence-electron chi connectivity index (χ2n) is 6.83. The van der Waals surface area contributed by atoms with Crippen molar-refractivity contribution in [1.29, 1.82) is 0 Å². The topological polar surface area (TPSA) is 0 Å². The van der Waals surface area contributed by atoms with Crippen LogP contribution >= 0.6 is 22.6 Å². The van der Waals surface area contributed by atoms with Crippen LogP contribution in [0.3, 0.4) is 0 Å². The van der Waals surface area contributed by atoms with Gasteiger partial charge in [0.25, 0.3) is 5.67 Å². The van der Waals surface area contributed by atoms with Gasteiger partial charge in [0.2, 0.25) is 0 Å². The molecule has 0 radical (unpaired) electrons. The van der Waals surface area contributed by atoms with Gasteiger partial charge in [-0.1, -0.05) is 51.9 Å². The van der Waals surface area contributed by atoms with Crippen molar-refractivity contribution >= 4 is 22.6 Å². The van der Waals surface area contributed by atoms with E-state index in [2.05, 4.69) is 6.92 Å². The molecule has 1 fully saturated rings. The lowest BCUT2D eigenvalue weighted by molar-refractivity contribution is -0.303. The Balaban J connectivity index is 2.77. The smallest absolute Gasteiger partial charge is 0.225 e. The van der Waals surface area contributed by atoms with Crippen LogP contribution in [-0.4, -0.2) is 29.4 Å². The summed E-state index contributed by atoms with van der Waals surface area (Å²) in [6.45, 7) is 2.06. The second-order valence-corrected chi connectivity index (χ2v) is 8.21. The van der Waals surface area contributed by atoms with Crippen molar-refractivity contribution in [3.8, 4) is 0 Å². The van der Waals surface area contributed by atoms with Crippen molar-refractivity contribution < 1.29 is 39.5 Å². The fraction of sp³-hybridized carbons (Fsp3) is 0.882. The van der Waals surface area contributed by atoms with Gasteiger partial charge in [-0.2, -0.15) is 35.1 Å². The summed E-state index contributed by atoms with van der Waals surface area (Å²) in [6.07, 6.45) is 6.32. The summed E-state index contributed by atoms with van der Waals surface area (Å²) in [5.74, 6) is -25.5. The second kappa shape index (κ2) is 8.69. The highest BCUT2D eigenvalue weighted by molar-refractivity contribution is 14.1. The number of rotatable bonds is 10. The van der Waals surface area contributed by atoms with E-state index >= 15 is 0 Å². The molecule has 1 aliphatic rings. The van der Waals surface area contributed by atoms with Crippen molar-refractivity contribution in [3.63, 3.8) is 0 Å². The van der Waals surface area contributed by atoms with Crippen molar-refractivity contribution in [2.75, 3.05) is 0 Å². The highest BCUT2D eigenvalue weighted by Gasteiger charge is 3.00. The molecule has 27 heavy (non-hydrogen) atoms. The summed E-state index contributed by atoms with van der Waals surface area (Å²) in [5.41, 5.74) is -5.47. The third-order valence-corrected chi connectivity index (χ3v) is 5.57. The Morgan fingerprint density at radius 3 is 1.41 bits per heavy atom. The number of hydrogen-bond acceptors (Lipinski definition) is 0. The molecule has 0 atom stereocenters. The van der Waals surface area contributed by atoms with Gasteiger partial charge >= 0.3 is 23.7 Å². The van der Waals surface area contributed by atoms with Gasteiger partial charge in [0.05, 0.1) is 0 Å². The molecule has 0 spiro atoms. The third kappa shape index (κ3) is 4.10. The minimum atomic E-state index is -6.51. The van der Waals surface area contributed by atoms with E-state index in [0.717, 1.165) is 38.5 Å². The lowest BCUT2D eigenvalue weighted by atomic mass is 9.95. The SMILES string of the molecule is CCCCCCCCCCC(I)=CC1(F)C(F)(F)C(F)(F)C(F)(F)C1(F)F. The predicted octanol–water partition coefficient (Wildman–Crippen LogP) is 8.10. The maximum atomic E-state index is 14.3. The molecule has 1 aliphatic carbocycles. The average Bonchev–Trinajstić information content (AvgIpc) is 2.60. The molecule has 0 saturated heterocycles. The minimum Gasteiger partial charge on any atom is -0.225 e. The Bertz CT molecular complexity index is 502. The quantitative estimate of drug-likeness (QED) is 0.154. The van der Waals surface area contributed by atoms with Crippen LogP contribution in [0.5, 0.6) is 0 Å². The molecule has 10 heteroatoms. The zero-order valence-corrected chi connectivity index (χ0v) is 16.9. The highest BCUT2D eigenvalue weighted by Crippen LogP contribution is 2.69. The Morgan fingerprint density at radius 2 is 1.00 bits per heavy atom. The Kier molecular flexibility index (Phi) is 8.00. The van der Waals surface area contributed by atoms with Crippen LogP contribution in [0.1, 0.15) is 64.7 Å². The summed E-state index contributed by atoms with van der Waals surface area (Å²) in [7, 11) is 0. The lowest BCUT2D eigenvalue weighted by Crippen LogP contribution is -2.53. The Hall–Kier alpha value is -0.160. The van der Waals surface area contributed by atoms with Crippen LogP contribution in [0.2, 0.25) is 0 Å². The van der Waals surface area contributed by atoms with Gasteiger partial charge in [0, 0.05) is 0 Å². The van der Waals surface area contributed by atoms with Crippen LogP contribution in [0.15, 0.2) is 9.66 Å². The Labute approximate surface area is 166 Å². The van der Waals surface area contributed by atoms with E-state index in [-0.39, 0.29) is 6.42 Å². The summed E-state index contributed by atoms with van der Waals surface area (Å²) in [5, 5.41) is 0. The fourth-order valence-electron chi connectivity index (χ4n) is 2.95. The first-order chi connectivity index (χ1) is 12.2. The first-order valence-corrected chi connectivity index (χ1v) is 9.86. The lowest BCUT2D eigenvalue weighted by Gasteiger charge is -2.28. The van der Waals surface area contributed by atoms with Crippen molar-refractivity contribution in [2.45, 2.75) is 94.1 Å². The molecule has 160 valence electrons. The molecule has 0 bridgehead atoms. The number of unbranched alkanes of at least 4 members (excludes halogenated alkanes) is 7. The summed E-state index contributed by atoms with van der Waals surface area (Å²) >= 11 is 1.24. The molecule has 0 N–H and O–H groups in total. The number of alkyl halides is 9. The number of hydrogen-bond donors (Lipinski definition) is 0. The van der Waals surface area contributed by atoms with E-state index in [1.54, 1.807) is 0 Å². The van der Waals surface area contributed by atoms with Gasteiger partial charge in [-0.05, 0) is 45.1 Å². The molecule has 0 unspecified atom stereocenters. The molecule has 0 aromatic heterocycles. The van der Waals surface area contributed by atoms with E-state index in [9.17, 15) is 39.5 Å². The van der Waals surface area contributed by atoms with Crippen LogP contribution in [0.25, 0.3) is 0 Å². The minimum absolute atomic E-state index is 0.134. The molecule has 0 amide bonds. The summed E-state index contributed by atoms with van der Waals surface area (Å²) in [6, 6.07) is 0. The third-order valence-electron chi connectivity index (χ3n) is 4.72. The largest absolute Gasteiger partial charge is 0.382 e. The predicted molar refractivity (Wildman–Crippen MR) is 93.0 cm³/mol. The molecule has 0 aromatic carbocycles. The van der Waals surface area contributed by atoms with Gasteiger partial charge in [-0.3, -0.25) is 0 Å². The molecule has 1 rings (SSSR count). The zero-order valence-electron chi connectivity index (χ0n) is 14.7.